The molecular formula is C17H24N2O6. The Labute approximate surface area is 146 Å². The number of carbonyl (C=O) groups is 3. The lowest BCUT2D eigenvalue weighted by Gasteiger charge is -2.26. The summed E-state index contributed by atoms with van der Waals surface area (Å²) >= 11 is 0. The summed E-state index contributed by atoms with van der Waals surface area (Å²) in [5.74, 6) is -3.56. The van der Waals surface area contributed by atoms with Crippen molar-refractivity contribution in [1.82, 2.24) is 4.90 Å². The van der Waals surface area contributed by atoms with Gasteiger partial charge in [0.15, 0.2) is 0 Å². The van der Waals surface area contributed by atoms with Crippen LogP contribution in [-0.4, -0.2) is 65.8 Å². The van der Waals surface area contributed by atoms with Gasteiger partial charge in [-0.25, -0.2) is 9.59 Å². The Bertz CT molecular complexity index is 599. The maximum Gasteiger partial charge on any atom is 0.414 e. The molecule has 3 N–H and O–H groups in total. The Morgan fingerprint density at radius 2 is 1.72 bits per heavy atom. The highest BCUT2D eigenvalue weighted by Crippen LogP contribution is 2.16. The molecule has 0 bridgehead atoms. The topological polar surface area (TPSA) is 116 Å². The zero-order chi connectivity index (χ0) is 18.8. The summed E-state index contributed by atoms with van der Waals surface area (Å²) in [7, 11) is 0. The van der Waals surface area contributed by atoms with Gasteiger partial charge >= 0.3 is 11.9 Å². The molecule has 0 saturated carbocycles. The molecule has 25 heavy (non-hydrogen) atoms. The van der Waals surface area contributed by atoms with Crippen molar-refractivity contribution in [2.45, 2.75) is 20.3 Å². The van der Waals surface area contributed by atoms with E-state index < -0.39 is 11.9 Å². The van der Waals surface area contributed by atoms with E-state index in [4.69, 9.17) is 24.5 Å². The van der Waals surface area contributed by atoms with Crippen LogP contribution in [0.5, 0.6) is 0 Å². The van der Waals surface area contributed by atoms with Gasteiger partial charge in [0.25, 0.3) is 0 Å². The van der Waals surface area contributed by atoms with E-state index in [-0.39, 0.29) is 5.91 Å². The van der Waals surface area contributed by atoms with Crippen LogP contribution in [0.2, 0.25) is 0 Å². The predicted molar refractivity (Wildman–Crippen MR) is 91.7 cm³/mol. The van der Waals surface area contributed by atoms with Crippen LogP contribution in [0.15, 0.2) is 18.2 Å². The maximum atomic E-state index is 11.9. The summed E-state index contributed by atoms with van der Waals surface area (Å²) in [6, 6.07) is 6.10. The number of hydrogen-bond acceptors (Lipinski definition) is 5. The zero-order valence-electron chi connectivity index (χ0n) is 14.4. The summed E-state index contributed by atoms with van der Waals surface area (Å²) in [6.07, 6.45) is 0.535. The molecule has 0 unspecified atom stereocenters. The number of rotatable bonds is 4. The molecule has 0 atom stereocenters. The SMILES string of the molecule is Cc1ccc(C)c(NC(=O)CCN2CCOCC2)c1.O=C(O)C(=O)O. The molecule has 1 aliphatic heterocycles. The predicted octanol–water partition coefficient (Wildman–Crippen LogP) is 1.12. The van der Waals surface area contributed by atoms with Crippen molar-refractivity contribution < 1.29 is 29.3 Å². The molecule has 1 amide bonds. The number of carbonyl (C=O) groups excluding carboxylic acids is 1. The molecule has 2 rings (SSSR count). The number of aliphatic carboxylic acids is 2. The van der Waals surface area contributed by atoms with Crippen LogP contribution in [-0.2, 0) is 19.1 Å². The standard InChI is InChI=1S/C15H22N2O2.C2H2O4/c1-12-3-4-13(2)14(11-12)16-15(18)5-6-17-7-9-19-10-8-17;3-1(4)2(5)6/h3-4,11H,5-10H2,1-2H3,(H,16,18);(H,3,4)(H,5,6). The van der Waals surface area contributed by atoms with Gasteiger partial charge in [0.1, 0.15) is 0 Å². The number of benzene rings is 1. The lowest BCUT2D eigenvalue weighted by atomic mass is 10.1. The first-order chi connectivity index (χ1) is 11.8. The first-order valence-corrected chi connectivity index (χ1v) is 7.93. The van der Waals surface area contributed by atoms with Crippen molar-refractivity contribution in [1.29, 1.82) is 0 Å². The number of amides is 1. The average molecular weight is 352 g/mol. The number of hydrogen-bond donors (Lipinski definition) is 3. The normalized spacial score (nSPS) is 14.2. The van der Waals surface area contributed by atoms with Crippen LogP contribution < -0.4 is 5.32 Å². The van der Waals surface area contributed by atoms with Crippen LogP contribution in [0.3, 0.4) is 0 Å². The lowest BCUT2D eigenvalue weighted by Crippen LogP contribution is -2.38. The van der Waals surface area contributed by atoms with Crippen LogP contribution in [0.4, 0.5) is 5.69 Å². The van der Waals surface area contributed by atoms with Gasteiger partial charge in [-0.2, -0.15) is 0 Å². The summed E-state index contributed by atoms with van der Waals surface area (Å²) in [6.45, 7) is 8.25. The van der Waals surface area contributed by atoms with Crippen LogP contribution in [0, 0.1) is 13.8 Å². The van der Waals surface area contributed by atoms with Gasteiger partial charge in [0, 0.05) is 31.7 Å². The van der Waals surface area contributed by atoms with Crippen molar-refractivity contribution in [2.75, 3.05) is 38.2 Å². The van der Waals surface area contributed by atoms with Gasteiger partial charge in [0.2, 0.25) is 5.91 Å². The highest BCUT2D eigenvalue weighted by molar-refractivity contribution is 6.27. The van der Waals surface area contributed by atoms with Crippen LogP contribution in [0.25, 0.3) is 0 Å². The van der Waals surface area contributed by atoms with Crippen molar-refractivity contribution in [3.05, 3.63) is 29.3 Å². The molecule has 1 aromatic carbocycles. The van der Waals surface area contributed by atoms with E-state index in [1.54, 1.807) is 0 Å². The first-order valence-electron chi connectivity index (χ1n) is 7.93. The minimum absolute atomic E-state index is 0.0835. The molecule has 1 saturated heterocycles. The van der Waals surface area contributed by atoms with Crippen molar-refractivity contribution in [2.24, 2.45) is 0 Å². The fraction of sp³-hybridized carbons (Fsp3) is 0.471. The smallest absolute Gasteiger partial charge is 0.414 e. The molecule has 138 valence electrons. The minimum atomic E-state index is -1.82. The van der Waals surface area contributed by atoms with Crippen molar-refractivity contribution >= 4 is 23.5 Å². The van der Waals surface area contributed by atoms with E-state index in [9.17, 15) is 4.79 Å². The van der Waals surface area contributed by atoms with Gasteiger partial charge in [-0.15, -0.1) is 0 Å². The highest BCUT2D eigenvalue weighted by atomic mass is 16.5. The average Bonchev–Trinajstić information content (AvgIpc) is 2.58. The van der Waals surface area contributed by atoms with E-state index in [1.165, 1.54) is 0 Å². The summed E-state index contributed by atoms with van der Waals surface area (Å²) in [4.78, 5) is 32.4. The molecular weight excluding hydrogens is 328 g/mol. The quantitative estimate of drug-likeness (QED) is 0.695. The van der Waals surface area contributed by atoms with Crippen molar-refractivity contribution in [3.8, 4) is 0 Å². The van der Waals surface area contributed by atoms with Gasteiger partial charge in [-0.05, 0) is 31.0 Å². The Hall–Kier alpha value is -2.45. The Balaban J connectivity index is 0.000000450. The fourth-order valence-electron chi connectivity index (χ4n) is 2.17. The molecule has 1 fully saturated rings. The Morgan fingerprint density at radius 1 is 1.12 bits per heavy atom. The largest absolute Gasteiger partial charge is 0.473 e. The van der Waals surface area contributed by atoms with E-state index in [0.717, 1.165) is 49.7 Å². The van der Waals surface area contributed by atoms with Gasteiger partial charge in [-0.1, -0.05) is 12.1 Å². The Morgan fingerprint density at radius 3 is 2.28 bits per heavy atom. The third-order valence-electron chi connectivity index (χ3n) is 3.61. The number of carboxylic acid groups (broad SMARTS) is 2. The number of ether oxygens (including phenoxy) is 1. The number of nitrogens with zero attached hydrogens (tertiary/aromatic N) is 1. The number of aryl methyl sites for hydroxylation is 2. The number of morpholine rings is 1. The first kappa shape index (κ1) is 20.6. The molecule has 0 spiro atoms. The minimum Gasteiger partial charge on any atom is -0.473 e. The number of nitrogens with one attached hydrogen (secondary N) is 1. The van der Waals surface area contributed by atoms with Crippen molar-refractivity contribution in [3.63, 3.8) is 0 Å². The third-order valence-corrected chi connectivity index (χ3v) is 3.61. The zero-order valence-corrected chi connectivity index (χ0v) is 14.4. The summed E-state index contributed by atoms with van der Waals surface area (Å²) < 4.78 is 5.29. The number of anilines is 1. The molecule has 0 radical (unpaired) electrons. The molecule has 0 aromatic heterocycles. The summed E-state index contributed by atoms with van der Waals surface area (Å²) in [5, 5.41) is 17.8. The van der Waals surface area contributed by atoms with Gasteiger partial charge in [0.05, 0.1) is 13.2 Å². The molecule has 8 nitrogen and oxygen atoms in total. The monoisotopic (exact) mass is 352 g/mol. The molecule has 8 heteroatoms. The molecule has 0 aliphatic carbocycles. The number of carboxylic acids is 2. The maximum absolute atomic E-state index is 11.9. The van der Waals surface area contributed by atoms with E-state index >= 15 is 0 Å². The second-order valence-electron chi connectivity index (χ2n) is 5.68. The lowest BCUT2D eigenvalue weighted by molar-refractivity contribution is -0.159. The second kappa shape index (κ2) is 10.4. The second-order valence-corrected chi connectivity index (χ2v) is 5.68. The summed E-state index contributed by atoms with van der Waals surface area (Å²) in [5.41, 5.74) is 3.19. The fourth-order valence-corrected chi connectivity index (χ4v) is 2.17. The van der Waals surface area contributed by atoms with Gasteiger partial charge < -0.3 is 20.3 Å². The molecule has 1 aliphatic rings. The van der Waals surface area contributed by atoms with E-state index in [2.05, 4.69) is 16.3 Å². The molecule has 1 heterocycles. The van der Waals surface area contributed by atoms with Gasteiger partial charge in [-0.3, -0.25) is 9.69 Å². The Kier molecular flexibility index (Phi) is 8.59. The van der Waals surface area contributed by atoms with Crippen LogP contribution >= 0.6 is 0 Å². The molecule has 1 aromatic rings. The highest BCUT2D eigenvalue weighted by Gasteiger charge is 2.12. The van der Waals surface area contributed by atoms with Crippen LogP contribution in [0.1, 0.15) is 17.5 Å². The third kappa shape index (κ3) is 8.27. The van der Waals surface area contributed by atoms with E-state index in [0.29, 0.717) is 6.42 Å². The van der Waals surface area contributed by atoms with E-state index in [1.807, 2.05) is 26.0 Å².